The van der Waals surface area contributed by atoms with E-state index < -0.39 is 25.7 Å². The first-order valence-corrected chi connectivity index (χ1v) is 11.0. The predicted octanol–water partition coefficient (Wildman–Crippen LogP) is 3.56. The van der Waals surface area contributed by atoms with E-state index >= 15 is 0 Å². The summed E-state index contributed by atoms with van der Waals surface area (Å²) in [4.78, 5) is 12.1. The van der Waals surface area contributed by atoms with E-state index in [2.05, 4.69) is 15.0 Å². The predicted molar refractivity (Wildman–Crippen MR) is 103 cm³/mol. The normalized spacial score (nSPS) is 23.4. The molecule has 2 N–H and O–H groups in total. The van der Waals surface area contributed by atoms with Crippen molar-refractivity contribution in [1.82, 2.24) is 19.5 Å². The first kappa shape index (κ1) is 21.4. The summed E-state index contributed by atoms with van der Waals surface area (Å²) in [7, 11) is -3.66. The zero-order chi connectivity index (χ0) is 20.6. The van der Waals surface area contributed by atoms with Crippen LogP contribution in [0, 0.1) is 0 Å². The van der Waals surface area contributed by atoms with E-state index in [0.29, 0.717) is 11.2 Å². The fraction of sp³-hybridized carbons (Fsp3) is 0.688. The third kappa shape index (κ3) is 4.46. The first-order valence-electron chi connectivity index (χ1n) is 8.99. The molecule has 3 atom stereocenters. The number of alkyl halides is 1. The van der Waals surface area contributed by atoms with Gasteiger partial charge in [0.25, 0.3) is 0 Å². The number of aromatic nitrogens is 4. The van der Waals surface area contributed by atoms with Crippen LogP contribution in [0.5, 0.6) is 0 Å². The van der Waals surface area contributed by atoms with Crippen molar-refractivity contribution >= 4 is 36.3 Å². The van der Waals surface area contributed by atoms with Crippen molar-refractivity contribution in [1.29, 1.82) is 0 Å². The summed E-state index contributed by atoms with van der Waals surface area (Å²) in [5.41, 5.74) is 6.37. The maximum Gasteiger partial charge on any atom is 0.359 e. The number of rotatable bonds is 7. The van der Waals surface area contributed by atoms with Gasteiger partial charge in [-0.15, -0.1) is 0 Å². The number of halogens is 2. The van der Waals surface area contributed by atoms with Crippen LogP contribution in [0.15, 0.2) is 6.33 Å². The lowest BCUT2D eigenvalue weighted by Gasteiger charge is -2.27. The zero-order valence-corrected chi connectivity index (χ0v) is 17.7. The molecule has 1 fully saturated rings. The van der Waals surface area contributed by atoms with Crippen molar-refractivity contribution in [2.75, 3.05) is 5.73 Å². The lowest BCUT2D eigenvalue weighted by Crippen LogP contribution is -2.24. The van der Waals surface area contributed by atoms with Gasteiger partial charge in [0.2, 0.25) is 5.95 Å². The molecule has 1 aliphatic rings. The largest absolute Gasteiger partial charge is 0.368 e. The number of nitrogens with two attached hydrogens (primary N) is 1. The Hall–Kier alpha value is -1.32. The fourth-order valence-corrected chi connectivity index (χ4v) is 5.53. The van der Waals surface area contributed by atoms with Crippen LogP contribution >= 0.6 is 19.2 Å². The fourth-order valence-electron chi connectivity index (χ4n) is 3.05. The number of nitrogen functional groups attached to an aromatic ring is 1. The quantitative estimate of drug-likeness (QED) is 0.518. The van der Waals surface area contributed by atoms with Crippen LogP contribution < -0.4 is 5.73 Å². The van der Waals surface area contributed by atoms with E-state index in [1.54, 1.807) is 32.3 Å². The number of fused-ring (bicyclic) bond motifs is 1. The van der Waals surface area contributed by atoms with Gasteiger partial charge in [-0.3, -0.25) is 4.57 Å². The molecule has 0 saturated carbocycles. The van der Waals surface area contributed by atoms with Gasteiger partial charge in [0, 0.05) is 6.42 Å². The summed E-state index contributed by atoms with van der Waals surface area (Å²) >= 11 is 6.02. The Labute approximate surface area is 167 Å². The molecule has 1 saturated heterocycles. The van der Waals surface area contributed by atoms with Gasteiger partial charge < -0.3 is 24.1 Å². The summed E-state index contributed by atoms with van der Waals surface area (Å²) in [6, 6.07) is 0. The standard InChI is InChI=1S/C16H24ClFN5O4P/c1-8(2)26-28(24,27-9(3)4)12-5-10(18)11(25-12)6-23-7-20-13-14(17)21-16(19)22-15(13)23/h7-12H,5-6H2,1-4H3,(H2,19,21,22)/t10-,11-,12+/m1/s1. The summed E-state index contributed by atoms with van der Waals surface area (Å²) in [5.74, 6) is -1.00. The number of hydrogen-bond donors (Lipinski definition) is 1. The number of imidazole rings is 1. The van der Waals surface area contributed by atoms with Crippen molar-refractivity contribution in [3.05, 3.63) is 11.5 Å². The third-order valence-corrected chi connectivity index (χ3v) is 6.78. The Kier molecular flexibility index (Phi) is 6.26. The molecule has 0 unspecified atom stereocenters. The molecular formula is C16H24ClFN5O4P. The van der Waals surface area contributed by atoms with E-state index in [1.807, 2.05) is 0 Å². The number of nitrogens with zero attached hydrogens (tertiary/aromatic N) is 4. The van der Waals surface area contributed by atoms with Crippen molar-refractivity contribution < 1.29 is 22.7 Å². The summed E-state index contributed by atoms with van der Waals surface area (Å²) in [6.45, 7) is 7.04. The lowest BCUT2D eigenvalue weighted by molar-refractivity contribution is 0.0254. The van der Waals surface area contributed by atoms with Crippen molar-refractivity contribution in [2.24, 2.45) is 0 Å². The van der Waals surface area contributed by atoms with Gasteiger partial charge in [-0.05, 0) is 27.7 Å². The minimum atomic E-state index is -3.66. The van der Waals surface area contributed by atoms with Crippen LogP contribution in [0.25, 0.3) is 11.2 Å². The highest BCUT2D eigenvalue weighted by Crippen LogP contribution is 2.59. The van der Waals surface area contributed by atoms with E-state index in [4.69, 9.17) is 31.1 Å². The Morgan fingerprint density at radius 3 is 2.61 bits per heavy atom. The molecule has 28 heavy (non-hydrogen) atoms. The second-order valence-electron chi connectivity index (χ2n) is 7.17. The molecule has 0 aromatic carbocycles. The SMILES string of the molecule is CC(C)OP(=O)(OC(C)C)[C@H]1C[C@@H](F)[C@@H](Cn2cnc3c(Cl)nc(N)nc32)O1. The van der Waals surface area contributed by atoms with Crippen molar-refractivity contribution in [3.8, 4) is 0 Å². The topological polar surface area (TPSA) is 114 Å². The highest BCUT2D eigenvalue weighted by molar-refractivity contribution is 7.54. The van der Waals surface area contributed by atoms with Gasteiger partial charge in [-0.2, -0.15) is 9.97 Å². The smallest absolute Gasteiger partial charge is 0.359 e. The van der Waals surface area contributed by atoms with Gasteiger partial charge in [-0.25, -0.2) is 9.37 Å². The van der Waals surface area contributed by atoms with Gasteiger partial charge in [0.1, 0.15) is 17.8 Å². The molecule has 0 aliphatic carbocycles. The highest BCUT2D eigenvalue weighted by atomic mass is 35.5. The average molecular weight is 436 g/mol. The Balaban J connectivity index is 1.81. The summed E-state index contributed by atoms with van der Waals surface area (Å²) in [5, 5.41) is 0.114. The molecule has 9 nitrogen and oxygen atoms in total. The molecule has 3 rings (SSSR count). The summed E-state index contributed by atoms with van der Waals surface area (Å²) < 4.78 is 46.4. The van der Waals surface area contributed by atoms with Gasteiger partial charge in [0.15, 0.2) is 16.6 Å². The molecule has 1 aliphatic heterocycles. The van der Waals surface area contributed by atoms with Crippen LogP contribution in [-0.2, 0) is 24.9 Å². The average Bonchev–Trinajstić information content (AvgIpc) is 3.11. The molecule has 3 heterocycles. The first-order chi connectivity index (χ1) is 13.1. The maximum atomic E-state index is 14.7. The van der Waals surface area contributed by atoms with Crippen LogP contribution in [0.4, 0.5) is 10.3 Å². The monoisotopic (exact) mass is 435 g/mol. The van der Waals surface area contributed by atoms with Crippen molar-refractivity contribution in [2.45, 2.75) is 71.0 Å². The molecule has 156 valence electrons. The number of ether oxygens (including phenoxy) is 1. The maximum absolute atomic E-state index is 14.7. The molecule has 12 heteroatoms. The van der Waals surface area contributed by atoms with E-state index in [-0.39, 0.29) is 36.3 Å². The Bertz CT molecular complexity index is 881. The molecule has 2 aromatic heterocycles. The Morgan fingerprint density at radius 2 is 2.00 bits per heavy atom. The Morgan fingerprint density at radius 1 is 1.36 bits per heavy atom. The summed E-state index contributed by atoms with van der Waals surface area (Å²) in [6.07, 6.45) is -1.59. The molecule has 0 spiro atoms. The lowest BCUT2D eigenvalue weighted by atomic mass is 10.2. The van der Waals surface area contributed by atoms with E-state index in [0.717, 1.165) is 0 Å². The van der Waals surface area contributed by atoms with E-state index in [9.17, 15) is 8.96 Å². The van der Waals surface area contributed by atoms with Crippen LogP contribution in [0.3, 0.4) is 0 Å². The van der Waals surface area contributed by atoms with Crippen molar-refractivity contribution in [3.63, 3.8) is 0 Å². The third-order valence-electron chi connectivity index (χ3n) is 4.05. The minimum Gasteiger partial charge on any atom is -0.368 e. The van der Waals surface area contributed by atoms with E-state index in [1.165, 1.54) is 6.33 Å². The van der Waals surface area contributed by atoms with Gasteiger partial charge in [-0.1, -0.05) is 11.6 Å². The molecule has 0 bridgehead atoms. The van der Waals surface area contributed by atoms with Gasteiger partial charge >= 0.3 is 7.60 Å². The molecule has 0 amide bonds. The second kappa shape index (κ2) is 8.20. The second-order valence-corrected chi connectivity index (χ2v) is 9.61. The van der Waals surface area contributed by atoms with Gasteiger partial charge in [0.05, 0.1) is 25.1 Å². The zero-order valence-electron chi connectivity index (χ0n) is 16.1. The molecule has 0 radical (unpaired) electrons. The van der Waals surface area contributed by atoms with Crippen LogP contribution in [-0.4, -0.2) is 49.8 Å². The highest BCUT2D eigenvalue weighted by Gasteiger charge is 2.48. The van der Waals surface area contributed by atoms with Crippen LogP contribution in [0.1, 0.15) is 34.1 Å². The number of anilines is 1. The number of hydrogen-bond acceptors (Lipinski definition) is 8. The molecule has 2 aromatic rings. The molecular weight excluding hydrogens is 412 g/mol. The van der Waals surface area contributed by atoms with Crippen LogP contribution in [0.2, 0.25) is 5.15 Å². The minimum absolute atomic E-state index is 0.0126.